The van der Waals surface area contributed by atoms with Crippen molar-refractivity contribution in [2.75, 3.05) is 18.3 Å². The molecule has 0 radical (unpaired) electrons. The minimum Gasteiger partial charge on any atom is -0.299 e. The molecule has 0 bridgehead atoms. The Morgan fingerprint density at radius 3 is 0.833 bits per heavy atom. The Balaban J connectivity index is -0.0000000944. The Bertz CT molecular complexity index is 919. The van der Waals surface area contributed by atoms with Crippen molar-refractivity contribution in [2.24, 2.45) is 0 Å². The van der Waals surface area contributed by atoms with Crippen LogP contribution in [0.5, 0.6) is 0 Å². The van der Waals surface area contributed by atoms with Crippen LogP contribution in [0.25, 0.3) is 0 Å². The van der Waals surface area contributed by atoms with Crippen LogP contribution in [0.2, 0.25) is 0 Å². The SMILES string of the molecule is C[S+](C)CC(=O)c1ccccc1.O=P(O)(O)F.O=P(O)(O)F.O=P(O)(O)F.O=P(O)(O)F.O=P(O)(O)F.O=P(O)(O)F. The minimum absolute atomic E-state index is 0.204. The van der Waals surface area contributed by atoms with Crippen molar-refractivity contribution in [1.29, 1.82) is 0 Å². The van der Waals surface area contributed by atoms with E-state index >= 15 is 0 Å². The molecule has 1 aromatic carbocycles. The van der Waals surface area contributed by atoms with E-state index in [2.05, 4.69) is 12.5 Å². The molecule has 0 atom stereocenters. The maximum Gasteiger partial charge on any atom is 0.507 e. The average Bonchev–Trinajstić information content (AvgIpc) is 2.53. The third kappa shape index (κ3) is 241. The van der Waals surface area contributed by atoms with Crippen LogP contribution in [0.4, 0.5) is 25.2 Å². The summed E-state index contributed by atoms with van der Waals surface area (Å²) in [6.07, 6.45) is 4.17. The number of hydrogen-bond acceptors (Lipinski definition) is 7. The number of rotatable bonds is 3. The molecule has 0 aliphatic rings. The lowest BCUT2D eigenvalue weighted by Crippen LogP contribution is -2.13. The quantitative estimate of drug-likeness (QED) is 0.0903. The summed E-state index contributed by atoms with van der Waals surface area (Å²) in [5.41, 5.74) is 0.832. The molecule has 1 aromatic rings. The molecule has 0 amide bonds. The summed E-state index contributed by atoms with van der Waals surface area (Å²) < 4.78 is 114. The lowest BCUT2D eigenvalue weighted by molar-refractivity contribution is 0.102. The van der Waals surface area contributed by atoms with Crippen molar-refractivity contribution in [1.82, 2.24) is 0 Å². The van der Waals surface area contributed by atoms with Crippen LogP contribution in [0.15, 0.2) is 30.3 Å². The van der Waals surface area contributed by atoms with Gasteiger partial charge in [0.2, 0.25) is 5.78 Å². The maximum atomic E-state index is 11.5. The van der Waals surface area contributed by atoms with Gasteiger partial charge >= 0.3 is 47.4 Å². The van der Waals surface area contributed by atoms with E-state index in [0.29, 0.717) is 5.75 Å². The van der Waals surface area contributed by atoms with Gasteiger partial charge in [0.15, 0.2) is 5.75 Å². The van der Waals surface area contributed by atoms with Gasteiger partial charge in [-0.05, 0) is 10.9 Å². The standard InChI is InChI=1S/C10H13OS.6FH2O3P/c1-12(2)8-10(11)9-6-4-3-5-7-9;6*1-5(2,3)4/h3-7H,8H2,1-2H3;6*(H2,2,3,4)/q+1;;;;;;. The molecule has 0 aromatic heterocycles. The third-order valence-corrected chi connectivity index (χ3v) is 2.36. The average molecular weight is 781 g/mol. The fourth-order valence-electron chi connectivity index (χ4n) is 0.970. The molecule has 32 heteroatoms. The highest BCUT2D eigenvalue weighted by Crippen LogP contribution is 2.37. The van der Waals surface area contributed by atoms with Gasteiger partial charge < -0.3 is 0 Å². The fourth-order valence-corrected chi connectivity index (χ4v) is 1.66. The molecule has 0 heterocycles. The lowest BCUT2D eigenvalue weighted by atomic mass is 10.2. The van der Waals surface area contributed by atoms with Crippen molar-refractivity contribution < 1.29 is 116 Å². The Kier molecular flexibility index (Phi) is 32.2. The zero-order valence-electron chi connectivity index (χ0n) is 20.2. The molecule has 0 spiro atoms. The molecule has 0 aliphatic heterocycles. The monoisotopic (exact) mass is 781 g/mol. The normalized spacial score (nSPS) is 11.4. The van der Waals surface area contributed by atoms with Crippen molar-refractivity contribution in [2.45, 2.75) is 0 Å². The van der Waals surface area contributed by atoms with Crippen molar-refractivity contribution in [3.63, 3.8) is 0 Å². The van der Waals surface area contributed by atoms with Gasteiger partial charge in [-0.25, -0.2) is 27.4 Å². The first-order valence-corrected chi connectivity index (χ1v) is 19.6. The second-order valence-electron chi connectivity index (χ2n) is 5.76. The number of carbonyl (C=O) groups excluding carboxylic acids is 1. The van der Waals surface area contributed by atoms with E-state index in [9.17, 15) is 30.0 Å². The molecule has 0 fully saturated rings. The van der Waals surface area contributed by atoms with Crippen LogP contribution in [-0.4, -0.2) is 82.8 Å². The van der Waals surface area contributed by atoms with E-state index in [1.54, 1.807) is 0 Å². The van der Waals surface area contributed by atoms with Crippen LogP contribution in [0, 0.1) is 0 Å². The first-order valence-electron chi connectivity index (χ1n) is 8.33. The summed E-state index contributed by atoms with van der Waals surface area (Å²) >= 11 is 0. The molecular formula is C10H25F6O19P6S+. The van der Waals surface area contributed by atoms with Crippen LogP contribution in [0.3, 0.4) is 0 Å². The molecule has 1 rings (SSSR count). The number of Topliss-reactive ketones (excluding diaryl/α,β-unsaturated/α-hetero) is 1. The van der Waals surface area contributed by atoms with Crippen LogP contribution < -0.4 is 0 Å². The molecule has 19 nitrogen and oxygen atoms in total. The van der Waals surface area contributed by atoms with Crippen LogP contribution in [0.1, 0.15) is 10.4 Å². The van der Waals surface area contributed by atoms with Gasteiger partial charge in [0, 0.05) is 5.56 Å². The second-order valence-corrected chi connectivity index (χ2v) is 13.7. The largest absolute Gasteiger partial charge is 0.507 e. The third-order valence-electron chi connectivity index (χ3n) is 1.52. The molecular weight excluding hydrogens is 756 g/mol. The number of carbonyl (C=O) groups is 1. The number of hydrogen-bond donors (Lipinski definition) is 12. The second kappa shape index (κ2) is 25.0. The van der Waals surface area contributed by atoms with Gasteiger partial charge in [-0.3, -0.25) is 63.5 Å². The van der Waals surface area contributed by atoms with Crippen LogP contribution in [-0.2, 0) is 38.3 Å². The molecule has 0 saturated carbocycles. The summed E-state index contributed by atoms with van der Waals surface area (Å²) in [6, 6.07) is 9.46. The summed E-state index contributed by atoms with van der Waals surface area (Å²) in [7, 11) is -30.6. The summed E-state index contributed by atoms with van der Waals surface area (Å²) in [5, 5.41) is 0. The minimum atomic E-state index is -5.14. The number of ketones is 1. The van der Waals surface area contributed by atoms with E-state index in [0.717, 1.165) is 5.56 Å². The van der Waals surface area contributed by atoms with Gasteiger partial charge in [0.05, 0.1) is 12.5 Å². The zero-order valence-corrected chi connectivity index (χ0v) is 26.4. The zero-order chi connectivity index (χ0) is 36.0. The molecule has 0 unspecified atom stereocenters. The van der Waals surface area contributed by atoms with Crippen LogP contribution >= 0.6 is 47.4 Å². The van der Waals surface area contributed by atoms with Crippen molar-refractivity contribution in [3.8, 4) is 0 Å². The predicted octanol–water partition coefficient (Wildman–Crippen LogP) is 2.04. The van der Waals surface area contributed by atoms with E-state index in [-0.39, 0.29) is 16.7 Å². The van der Waals surface area contributed by atoms with Crippen molar-refractivity contribution in [3.05, 3.63) is 35.9 Å². The topological polar surface area (TPSA) is 362 Å². The van der Waals surface area contributed by atoms with Gasteiger partial charge in [0.1, 0.15) is 0 Å². The van der Waals surface area contributed by atoms with Gasteiger partial charge in [0.25, 0.3) is 0 Å². The van der Waals surface area contributed by atoms with Crippen molar-refractivity contribution >= 4 is 64.1 Å². The van der Waals surface area contributed by atoms with Gasteiger partial charge in [-0.2, -0.15) is 0 Å². The summed E-state index contributed by atoms with van der Waals surface area (Å²) in [4.78, 5) is 95.0. The summed E-state index contributed by atoms with van der Waals surface area (Å²) in [6.45, 7) is 0. The van der Waals surface area contributed by atoms with E-state index < -0.39 is 47.4 Å². The number of benzene rings is 1. The smallest absolute Gasteiger partial charge is 0.299 e. The Labute approximate surface area is 234 Å². The Morgan fingerprint density at radius 2 is 0.690 bits per heavy atom. The van der Waals surface area contributed by atoms with Gasteiger partial charge in [-0.15, -0.1) is 25.2 Å². The highest BCUT2D eigenvalue weighted by molar-refractivity contribution is 7.96. The lowest BCUT2D eigenvalue weighted by Gasteiger charge is -1.97. The predicted molar refractivity (Wildman–Crippen MR) is 134 cm³/mol. The number of halogens is 6. The van der Waals surface area contributed by atoms with E-state index in [1.165, 1.54) is 0 Å². The molecule has 42 heavy (non-hydrogen) atoms. The molecule has 0 saturated heterocycles. The Hall–Kier alpha value is -0.280. The Morgan fingerprint density at radius 1 is 0.524 bits per heavy atom. The molecule has 256 valence electrons. The highest BCUT2D eigenvalue weighted by atomic mass is 32.2. The maximum absolute atomic E-state index is 11.5. The van der Waals surface area contributed by atoms with E-state index in [4.69, 9.17) is 86.1 Å². The molecule has 12 N–H and O–H groups in total. The summed E-state index contributed by atoms with van der Waals surface area (Å²) in [5.74, 6) is 0.924. The fraction of sp³-hybridized carbons (Fsp3) is 0.300. The van der Waals surface area contributed by atoms with E-state index in [1.807, 2.05) is 30.3 Å². The first-order chi connectivity index (χ1) is 17.7. The van der Waals surface area contributed by atoms with Gasteiger partial charge in [-0.1, -0.05) is 30.3 Å². The molecule has 0 aliphatic carbocycles. The highest BCUT2D eigenvalue weighted by Gasteiger charge is 2.12. The first kappa shape index (κ1) is 54.2.